The van der Waals surface area contributed by atoms with Crippen LogP contribution in [-0.4, -0.2) is 66.3 Å². The molecule has 0 saturated carbocycles. The SMILES string of the molecule is Cc1ccc2c(c1)C(NC(=O)N(C)C)CC21CCN(C(C)C)CC1.O=C(O)C(F)(F)F. The van der Waals surface area contributed by atoms with E-state index in [1.54, 1.807) is 19.0 Å². The molecule has 31 heavy (non-hydrogen) atoms. The van der Waals surface area contributed by atoms with Crippen molar-refractivity contribution < 1.29 is 27.9 Å². The van der Waals surface area contributed by atoms with Gasteiger partial charge >= 0.3 is 18.2 Å². The molecule has 1 saturated heterocycles. The Balaban J connectivity index is 0.000000423. The van der Waals surface area contributed by atoms with E-state index in [4.69, 9.17) is 9.90 Å². The molecule has 1 aliphatic heterocycles. The molecule has 1 aliphatic carbocycles. The summed E-state index contributed by atoms with van der Waals surface area (Å²) in [6.45, 7) is 9.00. The Morgan fingerprint density at radius 2 is 1.77 bits per heavy atom. The molecule has 0 bridgehead atoms. The van der Waals surface area contributed by atoms with E-state index in [-0.39, 0.29) is 17.5 Å². The Kier molecular flexibility index (Phi) is 7.62. The van der Waals surface area contributed by atoms with E-state index in [9.17, 15) is 18.0 Å². The summed E-state index contributed by atoms with van der Waals surface area (Å²) in [4.78, 5) is 25.3. The van der Waals surface area contributed by atoms with Gasteiger partial charge in [-0.25, -0.2) is 9.59 Å². The van der Waals surface area contributed by atoms with Crippen LogP contribution in [0, 0.1) is 6.92 Å². The van der Waals surface area contributed by atoms with Crippen LogP contribution in [0.3, 0.4) is 0 Å². The lowest BCUT2D eigenvalue weighted by molar-refractivity contribution is -0.192. The Morgan fingerprint density at radius 3 is 2.23 bits per heavy atom. The molecule has 2 N–H and O–H groups in total. The number of amides is 2. The minimum Gasteiger partial charge on any atom is -0.475 e. The molecule has 9 heteroatoms. The van der Waals surface area contributed by atoms with Gasteiger partial charge < -0.3 is 20.2 Å². The maximum atomic E-state index is 12.2. The molecule has 6 nitrogen and oxygen atoms in total. The lowest BCUT2D eigenvalue weighted by Crippen LogP contribution is -2.45. The number of carboxylic acids is 1. The number of carbonyl (C=O) groups is 2. The Morgan fingerprint density at radius 1 is 1.23 bits per heavy atom. The first-order chi connectivity index (χ1) is 14.3. The molecule has 0 radical (unpaired) electrons. The number of fused-ring (bicyclic) bond motifs is 2. The summed E-state index contributed by atoms with van der Waals surface area (Å²) in [5, 5.41) is 10.4. The number of hydrogen-bond donors (Lipinski definition) is 2. The van der Waals surface area contributed by atoms with E-state index in [1.807, 2.05) is 0 Å². The summed E-state index contributed by atoms with van der Waals surface area (Å²) in [6.07, 6.45) is -1.66. The third kappa shape index (κ3) is 5.90. The second-order valence-corrected chi connectivity index (χ2v) is 8.90. The van der Waals surface area contributed by atoms with Gasteiger partial charge in [-0.3, -0.25) is 0 Å². The van der Waals surface area contributed by atoms with Crippen molar-refractivity contribution in [3.63, 3.8) is 0 Å². The van der Waals surface area contributed by atoms with Gasteiger partial charge in [0, 0.05) is 25.6 Å². The first kappa shape index (κ1) is 25.0. The summed E-state index contributed by atoms with van der Waals surface area (Å²) < 4.78 is 31.7. The highest BCUT2D eigenvalue weighted by Crippen LogP contribution is 2.51. The van der Waals surface area contributed by atoms with Crippen molar-refractivity contribution in [2.75, 3.05) is 27.2 Å². The number of aryl methyl sites for hydroxylation is 1. The number of rotatable bonds is 2. The zero-order chi connectivity index (χ0) is 23.6. The number of aliphatic carboxylic acids is 1. The second kappa shape index (κ2) is 9.46. The summed E-state index contributed by atoms with van der Waals surface area (Å²) in [5.41, 5.74) is 4.32. The molecule has 2 amide bonds. The van der Waals surface area contributed by atoms with Crippen molar-refractivity contribution in [3.8, 4) is 0 Å². The van der Waals surface area contributed by atoms with Crippen LogP contribution in [0.4, 0.5) is 18.0 Å². The zero-order valence-corrected chi connectivity index (χ0v) is 18.7. The summed E-state index contributed by atoms with van der Waals surface area (Å²) >= 11 is 0. The third-order valence-corrected chi connectivity index (χ3v) is 6.18. The molecular formula is C22H32F3N3O3. The van der Waals surface area contributed by atoms with Gasteiger partial charge in [-0.1, -0.05) is 23.8 Å². The fourth-order valence-corrected chi connectivity index (χ4v) is 4.41. The number of benzene rings is 1. The summed E-state index contributed by atoms with van der Waals surface area (Å²) in [7, 11) is 3.61. The molecular weight excluding hydrogens is 411 g/mol. The minimum atomic E-state index is -5.08. The van der Waals surface area contributed by atoms with E-state index in [1.165, 1.54) is 29.5 Å². The van der Waals surface area contributed by atoms with Crippen LogP contribution in [0.2, 0.25) is 0 Å². The standard InChI is InChI=1S/C20H31N3O.C2HF3O2/c1-14(2)23-10-8-20(9-11-23)13-18(21-19(24)22(4)5)16-12-15(3)6-7-17(16)20;3-2(4,5)1(6)7/h6-7,12,14,18H,8-11,13H2,1-5H3,(H,21,24);(H,6,7). The van der Waals surface area contributed by atoms with Gasteiger partial charge in [0.2, 0.25) is 0 Å². The minimum absolute atomic E-state index is 0.00382. The number of urea groups is 1. The van der Waals surface area contributed by atoms with E-state index >= 15 is 0 Å². The van der Waals surface area contributed by atoms with Crippen LogP contribution in [0.5, 0.6) is 0 Å². The van der Waals surface area contributed by atoms with Gasteiger partial charge in [0.1, 0.15) is 0 Å². The average Bonchev–Trinajstić information content (AvgIpc) is 2.94. The van der Waals surface area contributed by atoms with Crippen LogP contribution < -0.4 is 5.32 Å². The van der Waals surface area contributed by atoms with Crippen LogP contribution in [-0.2, 0) is 10.2 Å². The Bertz CT molecular complexity index is 801. The molecule has 3 rings (SSSR count). The number of nitrogens with zero attached hydrogens (tertiary/aromatic N) is 2. The second-order valence-electron chi connectivity index (χ2n) is 8.90. The smallest absolute Gasteiger partial charge is 0.475 e. The topological polar surface area (TPSA) is 72.9 Å². The van der Waals surface area contributed by atoms with Crippen LogP contribution in [0.25, 0.3) is 0 Å². The number of alkyl halides is 3. The molecule has 1 aromatic carbocycles. The number of carbonyl (C=O) groups excluding carboxylic acids is 1. The molecule has 1 spiro atoms. The maximum Gasteiger partial charge on any atom is 0.490 e. The first-order valence-corrected chi connectivity index (χ1v) is 10.4. The van der Waals surface area contributed by atoms with Crippen molar-refractivity contribution in [2.24, 2.45) is 0 Å². The lowest BCUT2D eigenvalue weighted by Gasteiger charge is -2.42. The van der Waals surface area contributed by atoms with E-state index in [0.717, 1.165) is 19.5 Å². The normalized spacial score (nSPS) is 20.1. The molecule has 174 valence electrons. The number of halogens is 3. The number of nitrogens with one attached hydrogen (secondary N) is 1. The fraction of sp³-hybridized carbons (Fsp3) is 0.636. The van der Waals surface area contributed by atoms with Crippen molar-refractivity contribution in [2.45, 2.75) is 63.7 Å². The van der Waals surface area contributed by atoms with Gasteiger partial charge in [0.05, 0.1) is 6.04 Å². The molecule has 1 unspecified atom stereocenters. The fourth-order valence-electron chi connectivity index (χ4n) is 4.41. The number of likely N-dealkylation sites (tertiary alicyclic amines) is 1. The Labute approximate surface area is 181 Å². The predicted octanol–water partition coefficient (Wildman–Crippen LogP) is 4.09. The van der Waals surface area contributed by atoms with Gasteiger partial charge in [-0.2, -0.15) is 13.2 Å². The first-order valence-electron chi connectivity index (χ1n) is 10.4. The molecule has 1 heterocycles. The lowest BCUT2D eigenvalue weighted by atomic mass is 9.73. The van der Waals surface area contributed by atoms with Gasteiger partial charge in [0.25, 0.3) is 0 Å². The largest absolute Gasteiger partial charge is 0.490 e. The monoisotopic (exact) mass is 443 g/mol. The van der Waals surface area contributed by atoms with E-state index in [2.05, 4.69) is 49.2 Å². The van der Waals surface area contributed by atoms with Crippen molar-refractivity contribution in [1.29, 1.82) is 0 Å². The predicted molar refractivity (Wildman–Crippen MR) is 112 cm³/mol. The van der Waals surface area contributed by atoms with Crippen molar-refractivity contribution in [1.82, 2.24) is 15.1 Å². The van der Waals surface area contributed by atoms with E-state index in [0.29, 0.717) is 6.04 Å². The average molecular weight is 444 g/mol. The van der Waals surface area contributed by atoms with Crippen LogP contribution in [0.15, 0.2) is 18.2 Å². The van der Waals surface area contributed by atoms with Gasteiger partial charge in [-0.05, 0) is 64.3 Å². The maximum absolute atomic E-state index is 12.2. The van der Waals surface area contributed by atoms with Crippen molar-refractivity contribution >= 4 is 12.0 Å². The van der Waals surface area contributed by atoms with Gasteiger partial charge in [-0.15, -0.1) is 0 Å². The number of carboxylic acid groups (broad SMARTS) is 1. The highest BCUT2D eigenvalue weighted by atomic mass is 19.4. The quantitative estimate of drug-likeness (QED) is 0.722. The molecule has 2 aliphatic rings. The van der Waals surface area contributed by atoms with Crippen molar-refractivity contribution in [3.05, 3.63) is 34.9 Å². The highest BCUT2D eigenvalue weighted by molar-refractivity contribution is 5.74. The third-order valence-electron chi connectivity index (χ3n) is 6.18. The molecule has 1 fully saturated rings. The van der Waals surface area contributed by atoms with Crippen LogP contribution in [0.1, 0.15) is 55.8 Å². The Hall–Kier alpha value is -2.29. The van der Waals surface area contributed by atoms with E-state index < -0.39 is 12.1 Å². The van der Waals surface area contributed by atoms with Crippen LogP contribution >= 0.6 is 0 Å². The summed E-state index contributed by atoms with van der Waals surface area (Å²) in [6, 6.07) is 7.58. The zero-order valence-electron chi connectivity index (χ0n) is 18.7. The number of piperidine rings is 1. The molecule has 0 aromatic heterocycles. The highest BCUT2D eigenvalue weighted by Gasteiger charge is 2.46. The molecule has 1 aromatic rings. The van der Waals surface area contributed by atoms with Gasteiger partial charge in [0.15, 0.2) is 0 Å². The summed E-state index contributed by atoms with van der Waals surface area (Å²) in [5.74, 6) is -2.76. The number of hydrogen-bond acceptors (Lipinski definition) is 3. The molecule has 1 atom stereocenters.